The SMILES string of the molecule is COc1ccc(-c2csc(NC(=O)CSc3nnc(-c4cccc(C)c4)o3)n2)cc1. The third-order valence-corrected chi connectivity index (χ3v) is 5.71. The molecule has 0 spiro atoms. The fraction of sp³-hybridized carbons (Fsp3) is 0.143. The number of anilines is 1. The average Bonchev–Trinajstić information content (AvgIpc) is 3.42. The van der Waals surface area contributed by atoms with Crippen molar-refractivity contribution in [2.45, 2.75) is 12.1 Å². The van der Waals surface area contributed by atoms with E-state index in [1.54, 1.807) is 7.11 Å². The molecule has 2 aromatic carbocycles. The lowest BCUT2D eigenvalue weighted by Crippen LogP contribution is -2.13. The number of rotatable bonds is 7. The Balaban J connectivity index is 1.33. The Kier molecular flexibility index (Phi) is 6.10. The smallest absolute Gasteiger partial charge is 0.277 e. The minimum Gasteiger partial charge on any atom is -0.497 e. The number of hydrogen-bond acceptors (Lipinski definition) is 8. The van der Waals surface area contributed by atoms with Crippen molar-refractivity contribution in [3.63, 3.8) is 0 Å². The fourth-order valence-corrected chi connectivity index (χ4v) is 3.97. The first-order valence-electron chi connectivity index (χ1n) is 9.04. The minimum absolute atomic E-state index is 0.146. The number of methoxy groups -OCH3 is 1. The number of benzene rings is 2. The lowest BCUT2D eigenvalue weighted by atomic mass is 10.1. The maximum absolute atomic E-state index is 12.3. The Morgan fingerprint density at radius 2 is 2.00 bits per heavy atom. The van der Waals surface area contributed by atoms with Crippen LogP contribution in [-0.4, -0.2) is 34.0 Å². The van der Waals surface area contributed by atoms with Crippen molar-refractivity contribution in [2.75, 3.05) is 18.2 Å². The Hall–Kier alpha value is -3.17. The van der Waals surface area contributed by atoms with E-state index in [4.69, 9.17) is 9.15 Å². The zero-order valence-electron chi connectivity index (χ0n) is 16.3. The molecule has 0 aliphatic carbocycles. The summed E-state index contributed by atoms with van der Waals surface area (Å²) in [7, 11) is 1.63. The molecule has 0 radical (unpaired) electrons. The summed E-state index contributed by atoms with van der Waals surface area (Å²) in [6.45, 7) is 2.00. The second-order valence-electron chi connectivity index (χ2n) is 6.35. The van der Waals surface area contributed by atoms with Crippen LogP contribution >= 0.6 is 23.1 Å². The molecule has 0 atom stereocenters. The van der Waals surface area contributed by atoms with E-state index in [9.17, 15) is 4.79 Å². The molecule has 0 saturated heterocycles. The van der Waals surface area contributed by atoms with Crippen LogP contribution in [0.4, 0.5) is 5.13 Å². The van der Waals surface area contributed by atoms with Gasteiger partial charge in [-0.15, -0.1) is 21.5 Å². The standard InChI is InChI=1S/C21H18N4O3S2/c1-13-4-3-5-15(10-13)19-24-25-21(28-19)30-12-18(26)23-20-22-17(11-29-20)14-6-8-16(27-2)9-7-14/h3-11H,12H2,1-2H3,(H,22,23,26). The molecule has 0 unspecified atom stereocenters. The second-order valence-corrected chi connectivity index (χ2v) is 8.13. The average molecular weight is 439 g/mol. The van der Waals surface area contributed by atoms with Crippen LogP contribution in [0, 0.1) is 6.92 Å². The fourth-order valence-electron chi connectivity index (χ4n) is 2.67. The van der Waals surface area contributed by atoms with Gasteiger partial charge in [0.1, 0.15) is 5.75 Å². The molecule has 4 aromatic rings. The second kappa shape index (κ2) is 9.10. The number of nitrogens with zero attached hydrogens (tertiary/aromatic N) is 3. The van der Waals surface area contributed by atoms with Gasteiger partial charge in [-0.3, -0.25) is 4.79 Å². The lowest BCUT2D eigenvalue weighted by Gasteiger charge is -2.01. The monoisotopic (exact) mass is 438 g/mol. The summed E-state index contributed by atoms with van der Waals surface area (Å²) in [5.74, 6) is 1.18. The summed E-state index contributed by atoms with van der Waals surface area (Å²) in [6.07, 6.45) is 0. The molecule has 1 N–H and O–H groups in total. The Labute approximate surface area is 181 Å². The number of hydrogen-bond donors (Lipinski definition) is 1. The first kappa shape index (κ1) is 20.1. The number of aryl methyl sites for hydroxylation is 1. The van der Waals surface area contributed by atoms with Gasteiger partial charge in [0.25, 0.3) is 5.22 Å². The van der Waals surface area contributed by atoms with Crippen LogP contribution in [0.2, 0.25) is 0 Å². The number of carbonyl (C=O) groups is 1. The molecule has 1 amide bonds. The number of amides is 1. The van der Waals surface area contributed by atoms with Gasteiger partial charge in [-0.25, -0.2) is 4.98 Å². The quantitative estimate of drug-likeness (QED) is 0.410. The largest absolute Gasteiger partial charge is 0.497 e. The Bertz CT molecular complexity index is 1160. The zero-order chi connectivity index (χ0) is 20.9. The molecule has 0 bridgehead atoms. The van der Waals surface area contributed by atoms with Gasteiger partial charge < -0.3 is 14.5 Å². The van der Waals surface area contributed by atoms with Gasteiger partial charge in [0.2, 0.25) is 11.8 Å². The number of thioether (sulfide) groups is 1. The molecule has 2 aromatic heterocycles. The summed E-state index contributed by atoms with van der Waals surface area (Å²) < 4.78 is 10.8. The van der Waals surface area contributed by atoms with E-state index < -0.39 is 0 Å². The molecule has 2 heterocycles. The van der Waals surface area contributed by atoms with E-state index >= 15 is 0 Å². The topological polar surface area (TPSA) is 90.1 Å². The van der Waals surface area contributed by atoms with Crippen molar-refractivity contribution in [1.29, 1.82) is 0 Å². The molecule has 30 heavy (non-hydrogen) atoms. The van der Waals surface area contributed by atoms with Crippen LogP contribution in [0.25, 0.3) is 22.7 Å². The van der Waals surface area contributed by atoms with Crippen LogP contribution in [0.15, 0.2) is 63.6 Å². The number of nitrogens with one attached hydrogen (secondary N) is 1. The molecule has 9 heteroatoms. The minimum atomic E-state index is -0.189. The molecule has 0 fully saturated rings. The van der Waals surface area contributed by atoms with Crippen molar-refractivity contribution in [3.8, 4) is 28.5 Å². The van der Waals surface area contributed by atoms with Crippen molar-refractivity contribution in [3.05, 3.63) is 59.5 Å². The van der Waals surface area contributed by atoms with Crippen LogP contribution in [0.1, 0.15) is 5.56 Å². The molecule has 0 aliphatic rings. The molecule has 4 rings (SSSR count). The van der Waals surface area contributed by atoms with Crippen LogP contribution in [0.5, 0.6) is 5.75 Å². The Morgan fingerprint density at radius 3 is 2.77 bits per heavy atom. The summed E-state index contributed by atoms with van der Waals surface area (Å²) in [5, 5.41) is 13.6. The molecular formula is C21H18N4O3S2. The third-order valence-electron chi connectivity index (χ3n) is 4.13. The maximum Gasteiger partial charge on any atom is 0.277 e. The van der Waals surface area contributed by atoms with E-state index in [-0.39, 0.29) is 11.7 Å². The van der Waals surface area contributed by atoms with Gasteiger partial charge in [-0.1, -0.05) is 29.5 Å². The predicted octanol–water partition coefficient (Wildman–Crippen LogP) is 4.91. The normalized spacial score (nSPS) is 10.7. The number of carbonyl (C=O) groups excluding carboxylic acids is 1. The highest BCUT2D eigenvalue weighted by molar-refractivity contribution is 7.99. The van der Waals surface area contributed by atoms with Gasteiger partial charge in [0.05, 0.1) is 18.6 Å². The first-order valence-corrected chi connectivity index (χ1v) is 10.9. The summed E-state index contributed by atoms with van der Waals surface area (Å²) in [5.41, 5.74) is 3.71. The number of thiazole rings is 1. The van der Waals surface area contributed by atoms with E-state index in [1.807, 2.05) is 60.8 Å². The summed E-state index contributed by atoms with van der Waals surface area (Å²) in [6, 6.07) is 15.4. The van der Waals surface area contributed by atoms with Crippen molar-refractivity contribution < 1.29 is 13.9 Å². The predicted molar refractivity (Wildman–Crippen MR) is 118 cm³/mol. The van der Waals surface area contributed by atoms with Gasteiger partial charge in [0.15, 0.2) is 5.13 Å². The third kappa shape index (κ3) is 4.87. The first-order chi connectivity index (χ1) is 14.6. The highest BCUT2D eigenvalue weighted by atomic mass is 32.2. The van der Waals surface area contributed by atoms with Gasteiger partial charge in [0, 0.05) is 16.5 Å². The van der Waals surface area contributed by atoms with E-state index in [0.29, 0.717) is 16.2 Å². The number of ether oxygens (including phenoxy) is 1. The lowest BCUT2D eigenvalue weighted by molar-refractivity contribution is -0.113. The van der Waals surface area contributed by atoms with Crippen LogP contribution in [0.3, 0.4) is 0 Å². The van der Waals surface area contributed by atoms with Crippen LogP contribution in [-0.2, 0) is 4.79 Å². The van der Waals surface area contributed by atoms with Gasteiger partial charge >= 0.3 is 0 Å². The van der Waals surface area contributed by atoms with Gasteiger partial charge in [-0.05, 0) is 43.3 Å². The molecule has 152 valence electrons. The summed E-state index contributed by atoms with van der Waals surface area (Å²) >= 11 is 2.56. The molecule has 0 aliphatic heterocycles. The maximum atomic E-state index is 12.3. The van der Waals surface area contributed by atoms with E-state index in [1.165, 1.54) is 23.1 Å². The van der Waals surface area contributed by atoms with E-state index in [2.05, 4.69) is 20.5 Å². The molecular weight excluding hydrogens is 420 g/mol. The highest BCUT2D eigenvalue weighted by Crippen LogP contribution is 2.27. The molecule has 0 saturated carbocycles. The Morgan fingerprint density at radius 1 is 1.17 bits per heavy atom. The highest BCUT2D eigenvalue weighted by Gasteiger charge is 2.13. The van der Waals surface area contributed by atoms with Gasteiger partial charge in [-0.2, -0.15) is 0 Å². The summed E-state index contributed by atoms with van der Waals surface area (Å²) in [4.78, 5) is 16.7. The molecule has 7 nitrogen and oxygen atoms in total. The van der Waals surface area contributed by atoms with Crippen molar-refractivity contribution >= 4 is 34.1 Å². The van der Waals surface area contributed by atoms with Crippen molar-refractivity contribution in [1.82, 2.24) is 15.2 Å². The van der Waals surface area contributed by atoms with Crippen LogP contribution < -0.4 is 10.1 Å². The zero-order valence-corrected chi connectivity index (χ0v) is 17.9. The van der Waals surface area contributed by atoms with E-state index in [0.717, 1.165) is 28.1 Å². The van der Waals surface area contributed by atoms with Crippen molar-refractivity contribution in [2.24, 2.45) is 0 Å². The number of aromatic nitrogens is 3.